The standard InChI is InChI=1S/C16H21N5O3S/c1-9(2)14-18-19-15(25-14)13(22)17-8-10-12(16(23)24-3)11-6-4-5-7-21(11)20-10/h9H,4-8H2,1-3H3,(H,17,22). The average Bonchev–Trinajstić information content (AvgIpc) is 3.23. The number of aromatic nitrogens is 4. The van der Waals surface area contributed by atoms with Crippen molar-refractivity contribution in [2.45, 2.75) is 52.1 Å². The third-order valence-electron chi connectivity index (χ3n) is 4.10. The van der Waals surface area contributed by atoms with Gasteiger partial charge in [0.15, 0.2) is 0 Å². The summed E-state index contributed by atoms with van der Waals surface area (Å²) in [6.07, 6.45) is 2.84. The van der Waals surface area contributed by atoms with Crippen LogP contribution in [0.1, 0.15) is 69.2 Å². The largest absolute Gasteiger partial charge is 0.465 e. The normalized spacial score (nSPS) is 13.6. The van der Waals surface area contributed by atoms with E-state index in [1.54, 1.807) is 0 Å². The monoisotopic (exact) mass is 363 g/mol. The third kappa shape index (κ3) is 3.55. The van der Waals surface area contributed by atoms with Gasteiger partial charge in [0.25, 0.3) is 5.91 Å². The molecule has 134 valence electrons. The summed E-state index contributed by atoms with van der Waals surface area (Å²) in [6.45, 7) is 4.93. The first-order chi connectivity index (χ1) is 12.0. The lowest BCUT2D eigenvalue weighted by molar-refractivity contribution is 0.0597. The van der Waals surface area contributed by atoms with Crippen molar-refractivity contribution in [3.05, 3.63) is 27.0 Å². The summed E-state index contributed by atoms with van der Waals surface area (Å²) >= 11 is 1.28. The van der Waals surface area contributed by atoms with Gasteiger partial charge in [0.1, 0.15) is 10.6 Å². The smallest absolute Gasteiger partial charge is 0.341 e. The number of methoxy groups -OCH3 is 1. The highest BCUT2D eigenvalue weighted by Crippen LogP contribution is 2.23. The number of aryl methyl sites for hydroxylation is 1. The molecule has 0 atom stereocenters. The molecule has 0 unspecified atom stereocenters. The van der Waals surface area contributed by atoms with Crippen molar-refractivity contribution in [2.24, 2.45) is 0 Å². The highest BCUT2D eigenvalue weighted by atomic mass is 32.1. The summed E-state index contributed by atoms with van der Waals surface area (Å²) in [6, 6.07) is 0. The maximum atomic E-state index is 12.3. The molecule has 2 aromatic rings. The molecule has 1 aliphatic heterocycles. The fourth-order valence-electron chi connectivity index (χ4n) is 2.81. The Kier molecular flexibility index (Phi) is 5.12. The fourth-order valence-corrected chi connectivity index (χ4v) is 3.57. The number of nitrogens with zero attached hydrogens (tertiary/aromatic N) is 4. The molecule has 0 bridgehead atoms. The number of esters is 1. The van der Waals surface area contributed by atoms with Crippen LogP contribution in [-0.4, -0.2) is 39.0 Å². The molecule has 0 fully saturated rings. The van der Waals surface area contributed by atoms with E-state index in [4.69, 9.17) is 4.74 Å². The molecular formula is C16H21N5O3S. The van der Waals surface area contributed by atoms with Crippen LogP contribution in [-0.2, 0) is 24.2 Å². The fraction of sp³-hybridized carbons (Fsp3) is 0.562. The van der Waals surface area contributed by atoms with Crippen LogP contribution in [0.5, 0.6) is 0 Å². The maximum Gasteiger partial charge on any atom is 0.341 e. The van der Waals surface area contributed by atoms with Crippen LogP contribution in [0.2, 0.25) is 0 Å². The molecule has 3 heterocycles. The van der Waals surface area contributed by atoms with E-state index in [2.05, 4.69) is 20.6 Å². The van der Waals surface area contributed by atoms with Crippen molar-refractivity contribution in [1.82, 2.24) is 25.3 Å². The SMILES string of the molecule is COC(=O)c1c(CNC(=O)c2nnc(C(C)C)s2)nn2c1CCCC2. The van der Waals surface area contributed by atoms with E-state index in [1.165, 1.54) is 18.4 Å². The van der Waals surface area contributed by atoms with E-state index in [-0.39, 0.29) is 18.4 Å². The van der Waals surface area contributed by atoms with Crippen LogP contribution in [0.3, 0.4) is 0 Å². The second kappa shape index (κ2) is 7.30. The zero-order valence-electron chi connectivity index (χ0n) is 14.5. The first-order valence-corrected chi connectivity index (χ1v) is 9.11. The van der Waals surface area contributed by atoms with Gasteiger partial charge in [-0.15, -0.1) is 10.2 Å². The first-order valence-electron chi connectivity index (χ1n) is 8.29. The Morgan fingerprint density at radius 1 is 1.32 bits per heavy atom. The number of ether oxygens (including phenoxy) is 1. The van der Waals surface area contributed by atoms with Crippen molar-refractivity contribution in [1.29, 1.82) is 0 Å². The molecule has 1 N–H and O–H groups in total. The maximum absolute atomic E-state index is 12.3. The molecular weight excluding hydrogens is 342 g/mol. The number of carbonyl (C=O) groups excluding carboxylic acids is 2. The molecule has 0 saturated carbocycles. The van der Waals surface area contributed by atoms with E-state index < -0.39 is 5.97 Å². The van der Waals surface area contributed by atoms with Gasteiger partial charge in [-0.3, -0.25) is 9.48 Å². The number of nitrogens with one attached hydrogen (secondary N) is 1. The van der Waals surface area contributed by atoms with E-state index in [0.29, 0.717) is 16.3 Å². The van der Waals surface area contributed by atoms with Gasteiger partial charge in [-0.05, 0) is 19.3 Å². The lowest BCUT2D eigenvalue weighted by Crippen LogP contribution is -2.24. The number of hydrogen-bond acceptors (Lipinski definition) is 7. The lowest BCUT2D eigenvalue weighted by Gasteiger charge is -2.13. The molecule has 0 aliphatic carbocycles. The lowest BCUT2D eigenvalue weighted by atomic mass is 10.0. The van der Waals surface area contributed by atoms with Crippen molar-refractivity contribution >= 4 is 23.2 Å². The molecule has 3 rings (SSSR count). The summed E-state index contributed by atoms with van der Waals surface area (Å²) in [5.74, 6) is -0.499. The van der Waals surface area contributed by atoms with Gasteiger partial charge in [0.05, 0.1) is 25.0 Å². The van der Waals surface area contributed by atoms with Gasteiger partial charge < -0.3 is 10.1 Å². The van der Waals surface area contributed by atoms with Gasteiger partial charge >= 0.3 is 5.97 Å². The molecule has 0 spiro atoms. The molecule has 1 amide bonds. The van der Waals surface area contributed by atoms with E-state index in [9.17, 15) is 9.59 Å². The molecule has 8 nitrogen and oxygen atoms in total. The Labute approximate surface area is 149 Å². The van der Waals surface area contributed by atoms with Gasteiger partial charge in [-0.2, -0.15) is 5.10 Å². The second-order valence-corrected chi connectivity index (χ2v) is 7.23. The van der Waals surface area contributed by atoms with E-state index in [1.807, 2.05) is 18.5 Å². The predicted octanol–water partition coefficient (Wildman–Crippen LogP) is 1.91. The van der Waals surface area contributed by atoms with Crippen LogP contribution in [0.25, 0.3) is 0 Å². The van der Waals surface area contributed by atoms with Crippen molar-refractivity contribution in [2.75, 3.05) is 7.11 Å². The molecule has 1 aliphatic rings. The number of rotatable bonds is 5. The van der Waals surface area contributed by atoms with Crippen LogP contribution in [0, 0.1) is 0 Å². The minimum Gasteiger partial charge on any atom is -0.465 e. The van der Waals surface area contributed by atoms with Gasteiger partial charge in [-0.1, -0.05) is 25.2 Å². The summed E-state index contributed by atoms with van der Waals surface area (Å²) in [7, 11) is 1.35. The van der Waals surface area contributed by atoms with Gasteiger partial charge in [0.2, 0.25) is 5.01 Å². The van der Waals surface area contributed by atoms with Gasteiger partial charge in [-0.25, -0.2) is 4.79 Å². The topological polar surface area (TPSA) is 99.0 Å². The number of carbonyl (C=O) groups is 2. The minimum atomic E-state index is -0.412. The van der Waals surface area contributed by atoms with Crippen molar-refractivity contribution < 1.29 is 14.3 Å². The Morgan fingerprint density at radius 2 is 2.12 bits per heavy atom. The molecule has 2 aromatic heterocycles. The predicted molar refractivity (Wildman–Crippen MR) is 91.7 cm³/mol. The quantitative estimate of drug-likeness (QED) is 0.815. The highest BCUT2D eigenvalue weighted by Gasteiger charge is 2.26. The minimum absolute atomic E-state index is 0.153. The Bertz CT molecular complexity index is 796. The average molecular weight is 363 g/mol. The Balaban J connectivity index is 1.77. The highest BCUT2D eigenvalue weighted by molar-refractivity contribution is 7.13. The Hall–Kier alpha value is -2.29. The number of hydrogen-bond donors (Lipinski definition) is 1. The first kappa shape index (κ1) is 17.5. The molecule has 25 heavy (non-hydrogen) atoms. The molecule has 0 radical (unpaired) electrons. The van der Waals surface area contributed by atoms with Gasteiger partial charge in [0, 0.05) is 12.5 Å². The van der Waals surface area contributed by atoms with Crippen LogP contribution in [0.4, 0.5) is 0 Å². The summed E-state index contributed by atoms with van der Waals surface area (Å²) < 4.78 is 6.74. The molecule has 9 heteroatoms. The molecule has 0 saturated heterocycles. The zero-order valence-corrected chi connectivity index (χ0v) is 15.4. The molecule has 0 aromatic carbocycles. The summed E-state index contributed by atoms with van der Waals surface area (Å²) in [5.41, 5.74) is 1.90. The Morgan fingerprint density at radius 3 is 2.80 bits per heavy atom. The zero-order chi connectivity index (χ0) is 18.0. The van der Waals surface area contributed by atoms with Crippen LogP contribution >= 0.6 is 11.3 Å². The van der Waals surface area contributed by atoms with Crippen molar-refractivity contribution in [3.63, 3.8) is 0 Å². The number of amides is 1. The second-order valence-electron chi connectivity index (χ2n) is 6.22. The van der Waals surface area contributed by atoms with Crippen LogP contribution in [0.15, 0.2) is 0 Å². The van der Waals surface area contributed by atoms with Crippen molar-refractivity contribution in [3.8, 4) is 0 Å². The third-order valence-corrected chi connectivity index (χ3v) is 5.32. The number of fused-ring (bicyclic) bond motifs is 1. The summed E-state index contributed by atoms with van der Waals surface area (Å²) in [4.78, 5) is 24.4. The van der Waals surface area contributed by atoms with E-state index >= 15 is 0 Å². The van der Waals surface area contributed by atoms with E-state index in [0.717, 1.165) is 36.5 Å². The summed E-state index contributed by atoms with van der Waals surface area (Å²) in [5, 5.41) is 16.3. The van der Waals surface area contributed by atoms with Crippen LogP contribution < -0.4 is 5.32 Å².